The van der Waals surface area contributed by atoms with Crippen molar-refractivity contribution in [2.75, 3.05) is 0 Å². The van der Waals surface area contributed by atoms with Crippen molar-refractivity contribution in [1.29, 1.82) is 0 Å². The minimum atomic E-state index is -3.92. The molecule has 8 heteroatoms. The van der Waals surface area contributed by atoms with E-state index in [0.29, 0.717) is 19.3 Å². The van der Waals surface area contributed by atoms with Crippen LogP contribution < -0.4 is 4.72 Å². The van der Waals surface area contributed by atoms with Crippen LogP contribution in [0.15, 0.2) is 27.6 Å². The first-order valence-electron chi connectivity index (χ1n) is 6.01. The number of benzene rings is 1. The molecule has 2 N–H and O–H groups in total. The Hall–Kier alpha value is -0.990. The fraction of sp³-hybridized carbons (Fsp3) is 0.417. The van der Waals surface area contributed by atoms with E-state index in [1.54, 1.807) is 0 Å². The standard InChI is InChI=1S/C12H13BrFNO4S/c13-9-5-4-7(6-10(9)14)20(18,19)15-11-3-1-2-8(11)12(16)17/h4-6,8,11,15H,1-3H2,(H,16,17). The molecule has 110 valence electrons. The molecule has 0 aliphatic heterocycles. The van der Waals surface area contributed by atoms with Gasteiger partial charge >= 0.3 is 5.97 Å². The van der Waals surface area contributed by atoms with E-state index in [0.717, 1.165) is 6.07 Å². The number of halogens is 2. The molecule has 0 spiro atoms. The van der Waals surface area contributed by atoms with Gasteiger partial charge in [-0.2, -0.15) is 0 Å². The fourth-order valence-electron chi connectivity index (χ4n) is 2.31. The molecule has 1 aromatic carbocycles. The predicted octanol–water partition coefficient (Wildman–Crippen LogP) is 2.12. The summed E-state index contributed by atoms with van der Waals surface area (Å²) >= 11 is 2.94. The molecule has 5 nitrogen and oxygen atoms in total. The van der Waals surface area contributed by atoms with Crippen LogP contribution in [0.25, 0.3) is 0 Å². The van der Waals surface area contributed by atoms with E-state index in [4.69, 9.17) is 5.11 Å². The number of hydrogen-bond donors (Lipinski definition) is 2. The van der Waals surface area contributed by atoms with Crippen molar-refractivity contribution in [3.63, 3.8) is 0 Å². The molecule has 0 radical (unpaired) electrons. The number of rotatable bonds is 4. The Balaban J connectivity index is 2.22. The number of aliphatic carboxylic acids is 1. The van der Waals surface area contributed by atoms with Crippen LogP contribution in [-0.2, 0) is 14.8 Å². The summed E-state index contributed by atoms with van der Waals surface area (Å²) in [5, 5.41) is 9.03. The Bertz CT molecular complexity index is 634. The second-order valence-electron chi connectivity index (χ2n) is 4.68. The first kappa shape index (κ1) is 15.4. The van der Waals surface area contributed by atoms with Crippen LogP contribution in [0.5, 0.6) is 0 Å². The Morgan fingerprint density at radius 3 is 2.70 bits per heavy atom. The van der Waals surface area contributed by atoms with Gasteiger partial charge in [0.25, 0.3) is 0 Å². The molecule has 2 atom stereocenters. The maximum Gasteiger partial charge on any atom is 0.308 e. The number of nitrogens with one attached hydrogen (secondary N) is 1. The van der Waals surface area contributed by atoms with Gasteiger partial charge < -0.3 is 5.11 Å². The summed E-state index contributed by atoms with van der Waals surface area (Å²) in [6.07, 6.45) is 1.56. The SMILES string of the molecule is O=C(O)C1CCCC1NS(=O)(=O)c1ccc(Br)c(F)c1. The van der Waals surface area contributed by atoms with Gasteiger partial charge in [-0.15, -0.1) is 0 Å². The van der Waals surface area contributed by atoms with Crippen molar-refractivity contribution in [3.05, 3.63) is 28.5 Å². The molecule has 0 bridgehead atoms. The van der Waals surface area contributed by atoms with Crippen molar-refractivity contribution in [3.8, 4) is 0 Å². The van der Waals surface area contributed by atoms with Crippen molar-refractivity contribution < 1.29 is 22.7 Å². The van der Waals surface area contributed by atoms with E-state index < -0.39 is 33.8 Å². The van der Waals surface area contributed by atoms with Gasteiger partial charge in [0.05, 0.1) is 15.3 Å². The van der Waals surface area contributed by atoms with Gasteiger partial charge in [0.1, 0.15) is 5.82 Å². The van der Waals surface area contributed by atoms with E-state index in [2.05, 4.69) is 20.7 Å². The Kier molecular flexibility index (Phi) is 4.46. The molecule has 20 heavy (non-hydrogen) atoms. The molecular formula is C12H13BrFNO4S. The topological polar surface area (TPSA) is 83.5 Å². The zero-order chi connectivity index (χ0) is 14.9. The van der Waals surface area contributed by atoms with Gasteiger partial charge in [-0.25, -0.2) is 17.5 Å². The van der Waals surface area contributed by atoms with E-state index in [1.165, 1.54) is 12.1 Å². The molecule has 1 aromatic rings. The van der Waals surface area contributed by atoms with Crippen LogP contribution >= 0.6 is 15.9 Å². The molecular weight excluding hydrogens is 353 g/mol. The molecule has 0 heterocycles. The van der Waals surface area contributed by atoms with E-state index >= 15 is 0 Å². The third kappa shape index (κ3) is 3.18. The molecule has 0 aromatic heterocycles. The summed E-state index contributed by atoms with van der Waals surface area (Å²) in [5.74, 6) is -2.43. The number of hydrogen-bond acceptors (Lipinski definition) is 3. The molecule has 1 saturated carbocycles. The molecule has 1 fully saturated rings. The first-order valence-corrected chi connectivity index (χ1v) is 8.29. The zero-order valence-electron chi connectivity index (χ0n) is 10.3. The summed E-state index contributed by atoms with van der Waals surface area (Å²) in [4.78, 5) is 10.8. The second kappa shape index (κ2) is 5.79. The third-order valence-corrected chi connectivity index (χ3v) is 5.47. The highest BCUT2D eigenvalue weighted by atomic mass is 79.9. The maximum atomic E-state index is 13.4. The van der Waals surface area contributed by atoms with Crippen LogP contribution in [0.2, 0.25) is 0 Å². The fourth-order valence-corrected chi connectivity index (χ4v) is 3.88. The van der Waals surface area contributed by atoms with Gasteiger partial charge in [-0.1, -0.05) is 6.42 Å². The van der Waals surface area contributed by atoms with Gasteiger partial charge in [0, 0.05) is 6.04 Å². The van der Waals surface area contributed by atoms with E-state index in [-0.39, 0.29) is 9.37 Å². The average Bonchev–Trinajstić information content (AvgIpc) is 2.80. The molecule has 2 rings (SSSR count). The third-order valence-electron chi connectivity index (χ3n) is 3.34. The normalized spacial score (nSPS) is 22.9. The number of carboxylic acids is 1. The summed E-state index contributed by atoms with van der Waals surface area (Å²) in [7, 11) is -3.92. The first-order chi connectivity index (χ1) is 9.31. The van der Waals surface area contributed by atoms with Crippen LogP contribution in [0.4, 0.5) is 4.39 Å². The molecule has 2 unspecified atom stereocenters. The van der Waals surface area contributed by atoms with Crippen LogP contribution in [0.3, 0.4) is 0 Å². The Morgan fingerprint density at radius 2 is 2.10 bits per heavy atom. The lowest BCUT2D eigenvalue weighted by molar-refractivity contribution is -0.141. The molecule has 1 aliphatic carbocycles. The smallest absolute Gasteiger partial charge is 0.308 e. The molecule has 1 aliphatic rings. The number of carbonyl (C=O) groups is 1. The number of sulfonamides is 1. The van der Waals surface area contributed by atoms with E-state index in [1.807, 2.05) is 0 Å². The largest absolute Gasteiger partial charge is 0.481 e. The second-order valence-corrected chi connectivity index (χ2v) is 7.25. The van der Waals surface area contributed by atoms with Gasteiger partial charge in [-0.3, -0.25) is 4.79 Å². The van der Waals surface area contributed by atoms with Gasteiger partial charge in [0.2, 0.25) is 10.0 Å². The summed E-state index contributed by atoms with van der Waals surface area (Å²) in [6, 6.07) is 2.81. The zero-order valence-corrected chi connectivity index (χ0v) is 12.7. The highest BCUT2D eigenvalue weighted by Gasteiger charge is 2.35. The lowest BCUT2D eigenvalue weighted by Gasteiger charge is -2.17. The van der Waals surface area contributed by atoms with Crippen molar-refractivity contribution in [2.24, 2.45) is 5.92 Å². The van der Waals surface area contributed by atoms with Gasteiger partial charge in [-0.05, 0) is 47.0 Å². The highest BCUT2D eigenvalue weighted by Crippen LogP contribution is 2.28. The monoisotopic (exact) mass is 365 g/mol. The van der Waals surface area contributed by atoms with Crippen LogP contribution in [0, 0.1) is 11.7 Å². The Labute approximate surface area is 124 Å². The minimum Gasteiger partial charge on any atom is -0.481 e. The highest BCUT2D eigenvalue weighted by molar-refractivity contribution is 9.10. The summed E-state index contributed by atoms with van der Waals surface area (Å²) in [6.45, 7) is 0. The lowest BCUT2D eigenvalue weighted by atomic mass is 10.1. The maximum absolute atomic E-state index is 13.4. The lowest BCUT2D eigenvalue weighted by Crippen LogP contribution is -2.40. The summed E-state index contributed by atoms with van der Waals surface area (Å²) in [5.41, 5.74) is 0. The Morgan fingerprint density at radius 1 is 1.40 bits per heavy atom. The molecule has 0 saturated heterocycles. The van der Waals surface area contributed by atoms with Crippen molar-refractivity contribution >= 4 is 31.9 Å². The quantitative estimate of drug-likeness (QED) is 0.855. The van der Waals surface area contributed by atoms with Crippen molar-refractivity contribution in [2.45, 2.75) is 30.2 Å². The number of carboxylic acid groups (broad SMARTS) is 1. The molecule has 0 amide bonds. The average molecular weight is 366 g/mol. The predicted molar refractivity (Wildman–Crippen MR) is 73.2 cm³/mol. The van der Waals surface area contributed by atoms with Crippen LogP contribution in [0.1, 0.15) is 19.3 Å². The minimum absolute atomic E-state index is 0.167. The van der Waals surface area contributed by atoms with Crippen molar-refractivity contribution in [1.82, 2.24) is 4.72 Å². The summed E-state index contributed by atoms with van der Waals surface area (Å²) < 4.78 is 40.2. The van der Waals surface area contributed by atoms with Crippen LogP contribution in [-0.4, -0.2) is 25.5 Å². The van der Waals surface area contributed by atoms with Gasteiger partial charge in [0.15, 0.2) is 0 Å². The van der Waals surface area contributed by atoms with E-state index in [9.17, 15) is 17.6 Å².